The van der Waals surface area contributed by atoms with Crippen molar-refractivity contribution in [1.82, 2.24) is 0 Å². The number of ether oxygens (including phenoxy) is 1. The molecule has 96 valence electrons. The van der Waals surface area contributed by atoms with Crippen molar-refractivity contribution in [2.75, 3.05) is 25.1 Å². The Morgan fingerprint density at radius 1 is 1.29 bits per heavy atom. The van der Waals surface area contributed by atoms with Crippen molar-refractivity contribution in [2.45, 2.75) is 19.5 Å². The van der Waals surface area contributed by atoms with E-state index in [2.05, 4.69) is 5.32 Å². The third-order valence-electron chi connectivity index (χ3n) is 2.19. The average molecular weight is 247 g/mol. The van der Waals surface area contributed by atoms with Gasteiger partial charge in [-0.25, -0.2) is 0 Å². The number of halogens is 3. The molecule has 5 heteroatoms. The Kier molecular flexibility index (Phi) is 5.28. The van der Waals surface area contributed by atoms with Crippen LogP contribution >= 0.6 is 0 Å². The molecule has 0 aliphatic carbocycles. The fourth-order valence-corrected chi connectivity index (χ4v) is 1.36. The first-order valence-electron chi connectivity index (χ1n) is 5.53. The van der Waals surface area contributed by atoms with E-state index in [4.69, 9.17) is 4.74 Å². The summed E-state index contributed by atoms with van der Waals surface area (Å²) in [5.74, 6) is 0. The van der Waals surface area contributed by atoms with Crippen LogP contribution in [0.5, 0.6) is 0 Å². The van der Waals surface area contributed by atoms with E-state index >= 15 is 0 Å². The zero-order valence-electron chi connectivity index (χ0n) is 9.68. The summed E-state index contributed by atoms with van der Waals surface area (Å²) in [6, 6.07) is 5.19. The number of anilines is 1. The van der Waals surface area contributed by atoms with Crippen molar-refractivity contribution in [3.63, 3.8) is 0 Å². The Bertz CT molecular complexity index is 339. The SMILES string of the molecule is CCOCCCNc1cccc(C(F)(F)F)c1. The number of hydrogen-bond acceptors (Lipinski definition) is 2. The fourth-order valence-electron chi connectivity index (χ4n) is 1.36. The van der Waals surface area contributed by atoms with Crippen molar-refractivity contribution < 1.29 is 17.9 Å². The lowest BCUT2D eigenvalue weighted by molar-refractivity contribution is -0.137. The highest BCUT2D eigenvalue weighted by atomic mass is 19.4. The van der Waals surface area contributed by atoms with Gasteiger partial charge >= 0.3 is 6.18 Å². The van der Waals surface area contributed by atoms with Crippen LogP contribution in [-0.4, -0.2) is 19.8 Å². The fraction of sp³-hybridized carbons (Fsp3) is 0.500. The van der Waals surface area contributed by atoms with E-state index in [1.807, 2.05) is 6.92 Å². The topological polar surface area (TPSA) is 21.3 Å². The molecule has 0 fully saturated rings. The number of benzene rings is 1. The predicted octanol–water partition coefficient (Wildman–Crippen LogP) is 3.54. The molecule has 0 amide bonds. The molecule has 1 N–H and O–H groups in total. The average Bonchev–Trinajstić information content (AvgIpc) is 2.28. The maximum absolute atomic E-state index is 12.4. The molecule has 0 aromatic heterocycles. The van der Waals surface area contributed by atoms with Crippen molar-refractivity contribution in [3.05, 3.63) is 29.8 Å². The predicted molar refractivity (Wildman–Crippen MR) is 61.0 cm³/mol. The first kappa shape index (κ1) is 13.8. The molecule has 0 aliphatic rings. The van der Waals surface area contributed by atoms with E-state index in [1.165, 1.54) is 6.07 Å². The first-order valence-corrected chi connectivity index (χ1v) is 5.53. The van der Waals surface area contributed by atoms with Gasteiger partial charge in [-0.15, -0.1) is 0 Å². The van der Waals surface area contributed by atoms with E-state index in [0.717, 1.165) is 18.6 Å². The van der Waals surface area contributed by atoms with Gasteiger partial charge in [-0.2, -0.15) is 13.2 Å². The Morgan fingerprint density at radius 3 is 2.71 bits per heavy atom. The van der Waals surface area contributed by atoms with Crippen molar-refractivity contribution in [1.29, 1.82) is 0 Å². The number of nitrogens with one attached hydrogen (secondary N) is 1. The molecule has 0 radical (unpaired) electrons. The molecule has 2 nitrogen and oxygen atoms in total. The number of alkyl halides is 3. The summed E-state index contributed by atoms with van der Waals surface area (Å²) in [4.78, 5) is 0. The normalized spacial score (nSPS) is 11.5. The molecule has 0 spiro atoms. The van der Waals surface area contributed by atoms with Crippen LogP contribution in [0, 0.1) is 0 Å². The zero-order valence-corrected chi connectivity index (χ0v) is 9.68. The van der Waals surface area contributed by atoms with Crippen LogP contribution < -0.4 is 5.32 Å². The van der Waals surface area contributed by atoms with Gasteiger partial charge in [0.2, 0.25) is 0 Å². The summed E-state index contributed by atoms with van der Waals surface area (Å²) in [6.07, 6.45) is -3.52. The Hall–Kier alpha value is -1.23. The second kappa shape index (κ2) is 6.49. The summed E-state index contributed by atoms with van der Waals surface area (Å²) >= 11 is 0. The van der Waals surface area contributed by atoms with Gasteiger partial charge in [-0.05, 0) is 31.5 Å². The highest BCUT2D eigenvalue weighted by Crippen LogP contribution is 2.30. The molecular weight excluding hydrogens is 231 g/mol. The van der Waals surface area contributed by atoms with Gasteiger partial charge in [0.05, 0.1) is 5.56 Å². The lowest BCUT2D eigenvalue weighted by Gasteiger charge is -2.10. The second-order valence-electron chi connectivity index (χ2n) is 3.56. The van der Waals surface area contributed by atoms with Gasteiger partial charge in [0.15, 0.2) is 0 Å². The quantitative estimate of drug-likeness (QED) is 0.776. The van der Waals surface area contributed by atoms with E-state index in [9.17, 15) is 13.2 Å². The summed E-state index contributed by atoms with van der Waals surface area (Å²) in [7, 11) is 0. The van der Waals surface area contributed by atoms with Crippen LogP contribution in [0.25, 0.3) is 0 Å². The maximum atomic E-state index is 12.4. The van der Waals surface area contributed by atoms with Crippen LogP contribution in [0.3, 0.4) is 0 Å². The molecule has 1 aromatic carbocycles. The maximum Gasteiger partial charge on any atom is 0.416 e. The lowest BCUT2D eigenvalue weighted by Crippen LogP contribution is -2.08. The molecule has 0 saturated heterocycles. The molecule has 1 rings (SSSR count). The summed E-state index contributed by atoms with van der Waals surface area (Å²) in [5, 5.41) is 2.94. The van der Waals surface area contributed by atoms with Crippen LogP contribution in [-0.2, 0) is 10.9 Å². The summed E-state index contributed by atoms with van der Waals surface area (Å²) in [5.41, 5.74) is -0.149. The van der Waals surface area contributed by atoms with Crippen LogP contribution in [0.1, 0.15) is 18.9 Å². The van der Waals surface area contributed by atoms with E-state index in [-0.39, 0.29) is 0 Å². The highest BCUT2D eigenvalue weighted by molar-refractivity contribution is 5.46. The Morgan fingerprint density at radius 2 is 2.06 bits per heavy atom. The molecule has 0 heterocycles. The lowest BCUT2D eigenvalue weighted by atomic mass is 10.2. The van der Waals surface area contributed by atoms with Gasteiger partial charge in [0.25, 0.3) is 0 Å². The number of rotatable bonds is 6. The van der Waals surface area contributed by atoms with Gasteiger partial charge in [-0.1, -0.05) is 6.07 Å². The number of hydrogen-bond donors (Lipinski definition) is 1. The van der Waals surface area contributed by atoms with Gasteiger partial charge < -0.3 is 10.1 Å². The smallest absolute Gasteiger partial charge is 0.385 e. The van der Waals surface area contributed by atoms with E-state index in [1.54, 1.807) is 6.07 Å². The standard InChI is InChI=1S/C12H16F3NO/c1-2-17-8-4-7-16-11-6-3-5-10(9-11)12(13,14)15/h3,5-6,9,16H,2,4,7-8H2,1H3. The van der Waals surface area contributed by atoms with Gasteiger partial charge in [0.1, 0.15) is 0 Å². The van der Waals surface area contributed by atoms with E-state index < -0.39 is 11.7 Å². The Labute approximate surface area is 98.8 Å². The molecule has 17 heavy (non-hydrogen) atoms. The minimum absolute atomic E-state index is 0.483. The van der Waals surface area contributed by atoms with Crippen LogP contribution in [0.15, 0.2) is 24.3 Å². The third kappa shape index (κ3) is 5.08. The van der Waals surface area contributed by atoms with Crippen LogP contribution in [0.2, 0.25) is 0 Å². The Balaban J connectivity index is 2.44. The van der Waals surface area contributed by atoms with Crippen molar-refractivity contribution in [2.24, 2.45) is 0 Å². The van der Waals surface area contributed by atoms with Crippen LogP contribution in [0.4, 0.5) is 18.9 Å². The molecular formula is C12H16F3NO. The van der Waals surface area contributed by atoms with Crippen molar-refractivity contribution >= 4 is 5.69 Å². The minimum atomic E-state index is -4.29. The second-order valence-corrected chi connectivity index (χ2v) is 3.56. The molecule has 1 aromatic rings. The largest absolute Gasteiger partial charge is 0.416 e. The summed E-state index contributed by atoms with van der Waals surface area (Å²) < 4.78 is 42.4. The zero-order chi connectivity index (χ0) is 12.7. The van der Waals surface area contributed by atoms with Gasteiger partial charge in [0, 0.05) is 25.4 Å². The first-order chi connectivity index (χ1) is 8.04. The highest BCUT2D eigenvalue weighted by Gasteiger charge is 2.30. The summed E-state index contributed by atoms with van der Waals surface area (Å²) in [6.45, 7) is 3.77. The third-order valence-corrected chi connectivity index (χ3v) is 2.19. The molecule has 0 atom stereocenters. The van der Waals surface area contributed by atoms with Crippen molar-refractivity contribution in [3.8, 4) is 0 Å². The molecule has 0 bridgehead atoms. The monoisotopic (exact) mass is 247 g/mol. The molecule has 0 aliphatic heterocycles. The minimum Gasteiger partial charge on any atom is -0.385 e. The van der Waals surface area contributed by atoms with E-state index in [0.29, 0.717) is 25.4 Å². The molecule has 0 unspecified atom stereocenters. The molecule has 0 saturated carbocycles. The van der Waals surface area contributed by atoms with Gasteiger partial charge in [-0.3, -0.25) is 0 Å².